The van der Waals surface area contributed by atoms with Crippen molar-refractivity contribution in [1.29, 1.82) is 0 Å². The molecule has 0 N–H and O–H groups in total. The molecule has 106 valence electrons. The highest BCUT2D eigenvalue weighted by Crippen LogP contribution is 2.37. The molecular formula is C13H5Cl3F4. The van der Waals surface area contributed by atoms with Crippen LogP contribution in [0, 0.1) is 23.3 Å². The van der Waals surface area contributed by atoms with Crippen LogP contribution in [0.4, 0.5) is 17.6 Å². The Morgan fingerprint density at radius 2 is 1.40 bits per heavy atom. The molecule has 0 saturated heterocycles. The van der Waals surface area contributed by atoms with E-state index in [1.807, 2.05) is 0 Å². The molecule has 0 aliphatic heterocycles. The summed E-state index contributed by atoms with van der Waals surface area (Å²) in [5.74, 6) is -6.93. The van der Waals surface area contributed by atoms with E-state index >= 15 is 0 Å². The van der Waals surface area contributed by atoms with Gasteiger partial charge in [-0.05, 0) is 18.2 Å². The van der Waals surface area contributed by atoms with E-state index in [1.54, 1.807) is 0 Å². The van der Waals surface area contributed by atoms with Crippen LogP contribution in [0.15, 0.2) is 18.2 Å². The smallest absolute Gasteiger partial charge is 0.170 e. The number of rotatable bonds is 2. The van der Waals surface area contributed by atoms with E-state index in [0.717, 1.165) is 6.07 Å². The number of hydrogen-bond donors (Lipinski definition) is 0. The molecule has 0 heterocycles. The predicted octanol–water partition coefficient (Wildman–Crippen LogP) is 5.96. The average Bonchev–Trinajstić information content (AvgIpc) is 2.41. The minimum Gasteiger partial charge on any atom is -0.203 e. The Kier molecular flexibility index (Phi) is 4.47. The van der Waals surface area contributed by atoms with Crippen molar-refractivity contribution in [2.24, 2.45) is 0 Å². The van der Waals surface area contributed by atoms with Gasteiger partial charge in [0.25, 0.3) is 0 Å². The topological polar surface area (TPSA) is 0 Å². The van der Waals surface area contributed by atoms with Gasteiger partial charge in [-0.3, -0.25) is 0 Å². The Bertz CT molecular complexity index is 657. The molecule has 0 amide bonds. The van der Waals surface area contributed by atoms with E-state index in [2.05, 4.69) is 0 Å². The maximum absolute atomic E-state index is 13.9. The van der Waals surface area contributed by atoms with Gasteiger partial charge in [0.1, 0.15) is 0 Å². The lowest BCUT2D eigenvalue weighted by atomic mass is 10.0. The SMILES string of the molecule is Fc1c(F)c(-c2cc(Cl)ccc2Cl)c(F)c(F)c1CCl. The van der Waals surface area contributed by atoms with Crippen molar-refractivity contribution in [3.05, 3.63) is 57.1 Å². The molecule has 0 aromatic heterocycles. The van der Waals surface area contributed by atoms with Crippen molar-refractivity contribution in [2.75, 3.05) is 0 Å². The van der Waals surface area contributed by atoms with E-state index in [-0.39, 0.29) is 15.6 Å². The molecule has 0 spiro atoms. The lowest BCUT2D eigenvalue weighted by Crippen LogP contribution is -2.05. The van der Waals surface area contributed by atoms with Gasteiger partial charge in [0.2, 0.25) is 0 Å². The van der Waals surface area contributed by atoms with Crippen LogP contribution in [0.2, 0.25) is 10.0 Å². The average molecular weight is 344 g/mol. The summed E-state index contributed by atoms with van der Waals surface area (Å²) in [5.41, 5.74) is -2.03. The Morgan fingerprint density at radius 3 is 1.90 bits per heavy atom. The largest absolute Gasteiger partial charge is 0.203 e. The standard InChI is InChI=1S/C13H5Cl3F4/c14-4-7-10(17)12(19)9(13(20)11(7)18)6-3-5(15)1-2-8(6)16/h1-3H,4H2. The zero-order valence-corrected chi connectivity index (χ0v) is 11.9. The monoisotopic (exact) mass is 342 g/mol. The van der Waals surface area contributed by atoms with Crippen LogP contribution < -0.4 is 0 Å². The lowest BCUT2D eigenvalue weighted by molar-refractivity contribution is 0.448. The normalized spacial score (nSPS) is 10.9. The molecule has 0 aliphatic rings. The summed E-state index contributed by atoms with van der Waals surface area (Å²) >= 11 is 16.8. The molecule has 2 rings (SSSR count). The quantitative estimate of drug-likeness (QED) is 0.359. The highest BCUT2D eigenvalue weighted by Gasteiger charge is 2.26. The molecule has 0 nitrogen and oxygen atoms in total. The van der Waals surface area contributed by atoms with Crippen LogP contribution in [-0.4, -0.2) is 0 Å². The first-order valence-corrected chi connectivity index (χ1v) is 6.53. The third-order valence-corrected chi connectivity index (χ3v) is 3.52. The summed E-state index contributed by atoms with van der Waals surface area (Å²) in [7, 11) is 0. The summed E-state index contributed by atoms with van der Waals surface area (Å²) in [5, 5.41) is 0.0232. The van der Waals surface area contributed by atoms with Crippen molar-refractivity contribution < 1.29 is 17.6 Å². The summed E-state index contributed by atoms with van der Waals surface area (Å²) in [6.07, 6.45) is 0. The fourth-order valence-electron chi connectivity index (χ4n) is 1.72. The van der Waals surface area contributed by atoms with Crippen LogP contribution in [0.1, 0.15) is 5.56 Å². The van der Waals surface area contributed by atoms with Gasteiger partial charge in [0.15, 0.2) is 23.3 Å². The minimum absolute atomic E-state index is 0.0929. The van der Waals surface area contributed by atoms with Crippen LogP contribution in [0.25, 0.3) is 11.1 Å². The second-order valence-electron chi connectivity index (χ2n) is 3.87. The van der Waals surface area contributed by atoms with Crippen molar-refractivity contribution in [1.82, 2.24) is 0 Å². The molecule has 0 unspecified atom stereocenters. The molecule has 0 bridgehead atoms. The third-order valence-electron chi connectivity index (χ3n) is 2.69. The molecule has 20 heavy (non-hydrogen) atoms. The first-order chi connectivity index (χ1) is 9.38. The molecule has 2 aromatic carbocycles. The fourth-order valence-corrected chi connectivity index (χ4v) is 2.34. The first-order valence-electron chi connectivity index (χ1n) is 5.24. The number of halogens is 7. The van der Waals surface area contributed by atoms with Gasteiger partial charge in [0, 0.05) is 21.2 Å². The van der Waals surface area contributed by atoms with Crippen molar-refractivity contribution >= 4 is 34.8 Å². The molecule has 0 radical (unpaired) electrons. The maximum Gasteiger partial charge on any atom is 0.170 e. The Balaban J connectivity index is 2.85. The van der Waals surface area contributed by atoms with Gasteiger partial charge >= 0.3 is 0 Å². The molecule has 7 heteroatoms. The van der Waals surface area contributed by atoms with Crippen LogP contribution in [0.3, 0.4) is 0 Å². The van der Waals surface area contributed by atoms with Gasteiger partial charge in [-0.25, -0.2) is 17.6 Å². The molecule has 0 aliphatic carbocycles. The zero-order valence-electron chi connectivity index (χ0n) is 9.58. The van der Waals surface area contributed by atoms with E-state index in [4.69, 9.17) is 34.8 Å². The fraction of sp³-hybridized carbons (Fsp3) is 0.0769. The molecular weight excluding hydrogens is 338 g/mol. The molecule has 0 saturated carbocycles. The van der Waals surface area contributed by atoms with Gasteiger partial charge in [-0.2, -0.15) is 0 Å². The second kappa shape index (κ2) is 5.80. The zero-order chi connectivity index (χ0) is 15.0. The van der Waals surface area contributed by atoms with E-state index in [1.165, 1.54) is 12.1 Å². The number of benzene rings is 2. The van der Waals surface area contributed by atoms with E-state index < -0.39 is 40.3 Å². The predicted molar refractivity (Wildman–Crippen MR) is 71.3 cm³/mol. The molecule has 0 atom stereocenters. The highest BCUT2D eigenvalue weighted by atomic mass is 35.5. The Morgan fingerprint density at radius 1 is 0.850 bits per heavy atom. The second-order valence-corrected chi connectivity index (χ2v) is 4.98. The van der Waals surface area contributed by atoms with Crippen molar-refractivity contribution in [2.45, 2.75) is 5.88 Å². The van der Waals surface area contributed by atoms with Gasteiger partial charge in [-0.1, -0.05) is 23.2 Å². The van der Waals surface area contributed by atoms with E-state index in [0.29, 0.717) is 0 Å². The van der Waals surface area contributed by atoms with Gasteiger partial charge < -0.3 is 0 Å². The Hall–Kier alpha value is -0.970. The van der Waals surface area contributed by atoms with E-state index in [9.17, 15) is 17.6 Å². The first kappa shape index (κ1) is 15.4. The highest BCUT2D eigenvalue weighted by molar-refractivity contribution is 6.35. The third kappa shape index (κ3) is 2.48. The number of alkyl halides is 1. The maximum atomic E-state index is 13.9. The van der Waals surface area contributed by atoms with Crippen LogP contribution >= 0.6 is 34.8 Å². The Labute approximate surface area is 126 Å². The number of hydrogen-bond acceptors (Lipinski definition) is 0. The summed E-state index contributed by atoms with van der Waals surface area (Å²) in [6.45, 7) is 0. The summed E-state index contributed by atoms with van der Waals surface area (Å²) in [4.78, 5) is 0. The van der Waals surface area contributed by atoms with Crippen LogP contribution in [-0.2, 0) is 5.88 Å². The van der Waals surface area contributed by atoms with Crippen molar-refractivity contribution in [3.8, 4) is 11.1 Å². The summed E-state index contributed by atoms with van der Waals surface area (Å²) in [6, 6.07) is 3.76. The van der Waals surface area contributed by atoms with Crippen LogP contribution in [0.5, 0.6) is 0 Å². The van der Waals surface area contributed by atoms with Gasteiger partial charge in [0.05, 0.1) is 11.4 Å². The van der Waals surface area contributed by atoms with Gasteiger partial charge in [-0.15, -0.1) is 11.6 Å². The lowest BCUT2D eigenvalue weighted by Gasteiger charge is -2.12. The minimum atomic E-state index is -1.57. The summed E-state index contributed by atoms with van der Waals surface area (Å²) < 4.78 is 55.2. The van der Waals surface area contributed by atoms with Crippen molar-refractivity contribution in [3.63, 3.8) is 0 Å². The molecule has 0 fully saturated rings. The molecule has 2 aromatic rings.